The van der Waals surface area contributed by atoms with Crippen molar-refractivity contribution in [1.29, 1.82) is 0 Å². The molecule has 0 aliphatic rings. The van der Waals surface area contributed by atoms with E-state index in [0.717, 1.165) is 0 Å². The number of Topliss-reactive ketones (excluding diaryl/α,β-unsaturated/α-hetero) is 1. The molecule has 1 aromatic carbocycles. The second-order valence-electron chi connectivity index (χ2n) is 2.82. The summed E-state index contributed by atoms with van der Waals surface area (Å²) in [6, 6.07) is 6.65. The lowest BCUT2D eigenvalue weighted by Gasteiger charge is -2.03. The highest BCUT2D eigenvalue weighted by molar-refractivity contribution is 9.09. The second-order valence-corrected chi connectivity index (χ2v) is 3.64. The van der Waals surface area contributed by atoms with Crippen LogP contribution in [0.3, 0.4) is 0 Å². The van der Waals surface area contributed by atoms with Crippen LogP contribution in [0.25, 0.3) is 0 Å². The minimum Gasteiger partial charge on any atom is -0.325 e. The lowest BCUT2D eigenvalue weighted by Crippen LogP contribution is -2.12. The zero-order valence-electron chi connectivity index (χ0n) is 7.80. The van der Waals surface area contributed by atoms with E-state index in [2.05, 4.69) is 21.2 Å². The Morgan fingerprint density at radius 3 is 2.33 bits per heavy atom. The van der Waals surface area contributed by atoms with Gasteiger partial charge in [0.05, 0.1) is 5.33 Å². The first kappa shape index (κ1) is 12.2. The number of carbonyl (C=O) groups is 2. The molecule has 0 fully saturated rings. The van der Waals surface area contributed by atoms with Crippen molar-refractivity contribution < 1.29 is 9.59 Å². The van der Waals surface area contributed by atoms with Gasteiger partial charge in [-0.15, -0.1) is 11.6 Å². The molecule has 0 heterocycles. The smallest absolute Gasteiger partial charge is 0.239 e. The fourth-order valence-electron chi connectivity index (χ4n) is 1.01. The van der Waals surface area contributed by atoms with E-state index in [0.29, 0.717) is 16.6 Å². The highest BCUT2D eigenvalue weighted by Crippen LogP contribution is 2.10. The van der Waals surface area contributed by atoms with Gasteiger partial charge in [0.1, 0.15) is 5.88 Å². The van der Waals surface area contributed by atoms with Crippen molar-refractivity contribution >= 4 is 44.9 Å². The van der Waals surface area contributed by atoms with Crippen molar-refractivity contribution in [3.05, 3.63) is 29.8 Å². The van der Waals surface area contributed by atoms with Gasteiger partial charge in [-0.2, -0.15) is 0 Å². The Balaban J connectivity index is 2.72. The summed E-state index contributed by atoms with van der Waals surface area (Å²) in [5, 5.41) is 2.87. The normalized spacial score (nSPS) is 9.73. The Hall–Kier alpha value is -0.870. The van der Waals surface area contributed by atoms with E-state index in [-0.39, 0.29) is 17.6 Å². The van der Waals surface area contributed by atoms with Crippen LogP contribution in [-0.4, -0.2) is 22.9 Å². The third-order valence-electron chi connectivity index (χ3n) is 1.73. The van der Waals surface area contributed by atoms with E-state index in [4.69, 9.17) is 11.6 Å². The lowest BCUT2D eigenvalue weighted by molar-refractivity contribution is -0.113. The molecule has 5 heteroatoms. The predicted octanol–water partition coefficient (Wildman–Crippen LogP) is 2.44. The quantitative estimate of drug-likeness (QED) is 0.684. The Labute approximate surface area is 101 Å². The summed E-state index contributed by atoms with van der Waals surface area (Å²) in [4.78, 5) is 22.2. The summed E-state index contributed by atoms with van der Waals surface area (Å²) in [6.07, 6.45) is 0. The molecule has 1 amide bonds. The minimum atomic E-state index is -0.267. The maximum Gasteiger partial charge on any atom is 0.239 e. The molecular formula is C10H9BrClNO2. The first-order valence-corrected chi connectivity index (χ1v) is 5.88. The number of hydrogen-bond acceptors (Lipinski definition) is 2. The summed E-state index contributed by atoms with van der Waals surface area (Å²) in [7, 11) is 0. The van der Waals surface area contributed by atoms with Crippen molar-refractivity contribution in [1.82, 2.24) is 0 Å². The van der Waals surface area contributed by atoms with Crippen LogP contribution in [-0.2, 0) is 4.79 Å². The number of hydrogen-bond donors (Lipinski definition) is 1. The zero-order chi connectivity index (χ0) is 11.3. The van der Waals surface area contributed by atoms with Crippen LogP contribution in [0, 0.1) is 0 Å². The second kappa shape index (κ2) is 5.88. The van der Waals surface area contributed by atoms with Crippen molar-refractivity contribution in [3.8, 4) is 0 Å². The number of ketones is 1. The maximum atomic E-state index is 11.2. The van der Waals surface area contributed by atoms with Gasteiger partial charge in [-0.05, 0) is 24.3 Å². The molecule has 3 nitrogen and oxygen atoms in total. The number of amides is 1. The molecule has 0 radical (unpaired) electrons. The SMILES string of the molecule is O=C(CCl)Nc1ccc(C(=O)CBr)cc1. The van der Waals surface area contributed by atoms with Gasteiger partial charge in [-0.1, -0.05) is 15.9 Å². The van der Waals surface area contributed by atoms with Crippen LogP contribution in [0.15, 0.2) is 24.3 Å². The number of anilines is 1. The van der Waals surface area contributed by atoms with Gasteiger partial charge in [0.25, 0.3) is 0 Å². The summed E-state index contributed by atoms with van der Waals surface area (Å²) in [6.45, 7) is 0. The maximum absolute atomic E-state index is 11.2. The third-order valence-corrected chi connectivity index (χ3v) is 2.49. The number of rotatable bonds is 4. The van der Waals surface area contributed by atoms with Crippen LogP contribution in [0.4, 0.5) is 5.69 Å². The molecule has 0 saturated heterocycles. The van der Waals surface area contributed by atoms with E-state index in [1.165, 1.54) is 0 Å². The van der Waals surface area contributed by atoms with Gasteiger partial charge in [0, 0.05) is 11.3 Å². The molecule has 0 aromatic heterocycles. The molecule has 0 aliphatic carbocycles. The standard InChI is InChI=1S/C10H9BrClNO2/c11-5-9(14)7-1-3-8(4-2-7)13-10(15)6-12/h1-4H,5-6H2,(H,13,15). The number of halogens is 2. The monoisotopic (exact) mass is 289 g/mol. The number of alkyl halides is 2. The molecular weight excluding hydrogens is 281 g/mol. The van der Waals surface area contributed by atoms with E-state index in [1.807, 2.05) is 0 Å². The Morgan fingerprint density at radius 2 is 1.87 bits per heavy atom. The zero-order valence-corrected chi connectivity index (χ0v) is 10.1. The topological polar surface area (TPSA) is 46.2 Å². The molecule has 1 N–H and O–H groups in total. The summed E-state index contributed by atoms with van der Waals surface area (Å²) >= 11 is 8.42. The van der Waals surface area contributed by atoms with Crippen LogP contribution in [0.1, 0.15) is 10.4 Å². The molecule has 0 atom stereocenters. The average Bonchev–Trinajstić information content (AvgIpc) is 2.29. The molecule has 1 rings (SSSR count). The van der Waals surface area contributed by atoms with Gasteiger partial charge in [-0.3, -0.25) is 9.59 Å². The highest BCUT2D eigenvalue weighted by Gasteiger charge is 2.04. The lowest BCUT2D eigenvalue weighted by atomic mass is 10.1. The molecule has 0 saturated carbocycles. The van der Waals surface area contributed by atoms with Gasteiger partial charge < -0.3 is 5.32 Å². The van der Waals surface area contributed by atoms with Crippen molar-refractivity contribution in [2.24, 2.45) is 0 Å². The van der Waals surface area contributed by atoms with E-state index < -0.39 is 0 Å². The van der Waals surface area contributed by atoms with E-state index in [9.17, 15) is 9.59 Å². The highest BCUT2D eigenvalue weighted by atomic mass is 79.9. The van der Waals surface area contributed by atoms with Crippen molar-refractivity contribution in [3.63, 3.8) is 0 Å². The third kappa shape index (κ3) is 3.64. The average molecular weight is 291 g/mol. The van der Waals surface area contributed by atoms with E-state index >= 15 is 0 Å². The Morgan fingerprint density at radius 1 is 1.27 bits per heavy atom. The Bertz CT molecular complexity index is 364. The van der Waals surface area contributed by atoms with Gasteiger partial charge in [-0.25, -0.2) is 0 Å². The molecule has 0 bridgehead atoms. The predicted molar refractivity (Wildman–Crippen MR) is 63.9 cm³/mol. The van der Waals surface area contributed by atoms with Crippen LogP contribution >= 0.6 is 27.5 Å². The number of benzene rings is 1. The molecule has 0 unspecified atom stereocenters. The molecule has 0 aliphatic heterocycles. The summed E-state index contributed by atoms with van der Waals surface area (Å²) in [5.41, 5.74) is 1.24. The Kier molecular flexibility index (Phi) is 4.78. The fourth-order valence-corrected chi connectivity index (χ4v) is 1.40. The van der Waals surface area contributed by atoms with Crippen molar-refractivity contribution in [2.75, 3.05) is 16.5 Å². The van der Waals surface area contributed by atoms with Crippen molar-refractivity contribution in [2.45, 2.75) is 0 Å². The molecule has 15 heavy (non-hydrogen) atoms. The largest absolute Gasteiger partial charge is 0.325 e. The van der Waals surface area contributed by atoms with Gasteiger partial charge >= 0.3 is 0 Å². The molecule has 80 valence electrons. The molecule has 1 aromatic rings. The minimum absolute atomic E-state index is 0.00483. The first-order valence-electron chi connectivity index (χ1n) is 4.22. The van der Waals surface area contributed by atoms with Crippen LogP contribution in [0.5, 0.6) is 0 Å². The van der Waals surface area contributed by atoms with Crippen LogP contribution in [0.2, 0.25) is 0 Å². The number of carbonyl (C=O) groups excluding carboxylic acids is 2. The number of nitrogens with one attached hydrogen (secondary N) is 1. The fraction of sp³-hybridized carbons (Fsp3) is 0.200. The summed E-state index contributed by atoms with van der Waals surface area (Å²) < 4.78 is 0. The van der Waals surface area contributed by atoms with Crippen LogP contribution < -0.4 is 5.32 Å². The van der Waals surface area contributed by atoms with E-state index in [1.54, 1.807) is 24.3 Å². The summed E-state index contributed by atoms with van der Waals surface area (Å²) in [5.74, 6) is -0.344. The first-order chi connectivity index (χ1) is 7.17. The van der Waals surface area contributed by atoms with Gasteiger partial charge in [0.15, 0.2) is 5.78 Å². The van der Waals surface area contributed by atoms with Gasteiger partial charge in [0.2, 0.25) is 5.91 Å². The molecule has 0 spiro atoms.